The third-order valence-electron chi connectivity index (χ3n) is 2.58. The first kappa shape index (κ1) is 15.2. The predicted molar refractivity (Wildman–Crippen MR) is 72.5 cm³/mol. The number of hydrogen-bond acceptors (Lipinski definition) is 3. The Morgan fingerprint density at radius 2 is 1.84 bits per heavy atom. The molecule has 0 spiro atoms. The number of hydrogen-bond donors (Lipinski definition) is 1. The van der Waals surface area contributed by atoms with E-state index in [-0.39, 0.29) is 23.1 Å². The van der Waals surface area contributed by atoms with Gasteiger partial charge in [0.15, 0.2) is 0 Å². The second-order valence-electron chi connectivity index (χ2n) is 5.68. The molecule has 0 heterocycles. The number of carbonyl (C=O) groups excluding carboxylic acids is 1. The fraction of sp³-hybridized carbons (Fsp3) is 0.467. The summed E-state index contributed by atoms with van der Waals surface area (Å²) in [4.78, 5) is 23.1. The van der Waals surface area contributed by atoms with E-state index < -0.39 is 11.9 Å². The Morgan fingerprint density at radius 3 is 2.32 bits per heavy atom. The summed E-state index contributed by atoms with van der Waals surface area (Å²) in [5.41, 5.74) is 0.833. The first-order valence-corrected chi connectivity index (χ1v) is 6.28. The van der Waals surface area contributed by atoms with Crippen molar-refractivity contribution in [2.24, 2.45) is 5.41 Å². The Balaban J connectivity index is 2.99. The zero-order valence-corrected chi connectivity index (χ0v) is 11.8. The van der Waals surface area contributed by atoms with E-state index in [2.05, 4.69) is 0 Å². The van der Waals surface area contributed by atoms with Crippen molar-refractivity contribution in [2.45, 2.75) is 34.1 Å². The highest BCUT2D eigenvalue weighted by molar-refractivity contribution is 6.02. The highest BCUT2D eigenvalue weighted by atomic mass is 16.5. The van der Waals surface area contributed by atoms with Crippen molar-refractivity contribution in [3.05, 3.63) is 34.9 Å². The van der Waals surface area contributed by atoms with Crippen molar-refractivity contribution < 1.29 is 19.4 Å². The Labute approximate surface area is 113 Å². The lowest BCUT2D eigenvalue weighted by molar-refractivity contribution is 0.0361. The second-order valence-corrected chi connectivity index (χ2v) is 5.68. The van der Waals surface area contributed by atoms with Crippen LogP contribution in [0.25, 0.3) is 0 Å². The number of ether oxygens (including phenoxy) is 1. The molecule has 0 bridgehead atoms. The molecule has 1 aromatic rings. The number of rotatable bonds is 4. The minimum Gasteiger partial charge on any atom is -0.478 e. The maximum atomic E-state index is 11.9. The van der Waals surface area contributed by atoms with Crippen molar-refractivity contribution >= 4 is 11.9 Å². The van der Waals surface area contributed by atoms with Crippen LogP contribution in [0.2, 0.25) is 0 Å². The highest BCUT2D eigenvalue weighted by Crippen LogP contribution is 2.17. The van der Waals surface area contributed by atoms with Gasteiger partial charge in [-0.1, -0.05) is 33.8 Å². The SMILES string of the molecule is CCc1ccc(C(=O)OCC(C)(C)C)c(C(=O)O)c1. The molecule has 0 saturated carbocycles. The van der Waals surface area contributed by atoms with Crippen molar-refractivity contribution in [3.8, 4) is 0 Å². The molecule has 0 fully saturated rings. The van der Waals surface area contributed by atoms with Crippen molar-refractivity contribution in [1.29, 1.82) is 0 Å². The largest absolute Gasteiger partial charge is 0.478 e. The van der Waals surface area contributed by atoms with E-state index in [9.17, 15) is 9.59 Å². The molecule has 1 rings (SSSR count). The molecule has 0 atom stereocenters. The number of aryl methyl sites for hydroxylation is 1. The topological polar surface area (TPSA) is 63.6 Å². The molecule has 4 nitrogen and oxygen atoms in total. The standard InChI is InChI=1S/C15H20O4/c1-5-10-6-7-11(12(8-10)13(16)17)14(18)19-9-15(2,3)4/h6-8H,5,9H2,1-4H3,(H,16,17). The number of esters is 1. The molecular weight excluding hydrogens is 244 g/mol. The van der Waals surface area contributed by atoms with Gasteiger partial charge in [0, 0.05) is 0 Å². The van der Waals surface area contributed by atoms with Crippen molar-refractivity contribution in [1.82, 2.24) is 0 Å². The average Bonchev–Trinajstić information content (AvgIpc) is 2.34. The maximum absolute atomic E-state index is 11.9. The monoisotopic (exact) mass is 264 g/mol. The fourth-order valence-electron chi connectivity index (χ4n) is 1.53. The van der Waals surface area contributed by atoms with Gasteiger partial charge in [-0.2, -0.15) is 0 Å². The molecule has 0 aliphatic carbocycles. The molecule has 0 aliphatic rings. The van der Waals surface area contributed by atoms with E-state index in [1.54, 1.807) is 6.07 Å². The Kier molecular flexibility index (Phi) is 4.70. The van der Waals surface area contributed by atoms with E-state index in [1.165, 1.54) is 12.1 Å². The second kappa shape index (κ2) is 5.87. The van der Waals surface area contributed by atoms with E-state index in [1.807, 2.05) is 27.7 Å². The van der Waals surface area contributed by atoms with Gasteiger partial charge in [-0.25, -0.2) is 9.59 Å². The van der Waals surface area contributed by atoms with Crippen LogP contribution >= 0.6 is 0 Å². The van der Waals surface area contributed by atoms with Crippen LogP contribution in [0.4, 0.5) is 0 Å². The molecule has 4 heteroatoms. The summed E-state index contributed by atoms with van der Waals surface area (Å²) in [6, 6.07) is 4.80. The molecule has 104 valence electrons. The Hall–Kier alpha value is -1.84. The van der Waals surface area contributed by atoms with Gasteiger partial charge in [-0.05, 0) is 29.5 Å². The molecular formula is C15H20O4. The van der Waals surface area contributed by atoms with Gasteiger partial charge >= 0.3 is 11.9 Å². The van der Waals surface area contributed by atoms with Gasteiger partial charge in [0.2, 0.25) is 0 Å². The molecule has 0 saturated heterocycles. The fourth-order valence-corrected chi connectivity index (χ4v) is 1.53. The number of carboxylic acids is 1. The van der Waals surface area contributed by atoms with Crippen LogP contribution in [0.15, 0.2) is 18.2 Å². The molecule has 0 aromatic heterocycles. The molecule has 0 radical (unpaired) electrons. The normalized spacial score (nSPS) is 11.2. The van der Waals surface area contributed by atoms with Crippen LogP contribution in [0.1, 0.15) is 54.0 Å². The van der Waals surface area contributed by atoms with Crippen LogP contribution in [-0.2, 0) is 11.2 Å². The predicted octanol–water partition coefficient (Wildman–Crippen LogP) is 3.15. The van der Waals surface area contributed by atoms with Crippen LogP contribution in [0.3, 0.4) is 0 Å². The number of carboxylic acid groups (broad SMARTS) is 1. The number of carbonyl (C=O) groups is 2. The van der Waals surface area contributed by atoms with Crippen LogP contribution < -0.4 is 0 Å². The highest BCUT2D eigenvalue weighted by Gasteiger charge is 2.20. The minimum atomic E-state index is -1.11. The molecule has 1 aromatic carbocycles. The van der Waals surface area contributed by atoms with Crippen LogP contribution in [-0.4, -0.2) is 23.7 Å². The average molecular weight is 264 g/mol. The third-order valence-corrected chi connectivity index (χ3v) is 2.58. The summed E-state index contributed by atoms with van der Waals surface area (Å²) in [7, 11) is 0. The van der Waals surface area contributed by atoms with Gasteiger partial charge in [0.1, 0.15) is 0 Å². The lowest BCUT2D eigenvalue weighted by atomic mass is 9.98. The Bertz CT molecular complexity index is 483. The first-order chi connectivity index (χ1) is 8.74. The third kappa shape index (κ3) is 4.39. The van der Waals surface area contributed by atoms with Crippen LogP contribution in [0, 0.1) is 5.41 Å². The van der Waals surface area contributed by atoms with Crippen LogP contribution in [0.5, 0.6) is 0 Å². The zero-order valence-electron chi connectivity index (χ0n) is 11.8. The van der Waals surface area contributed by atoms with E-state index in [0.29, 0.717) is 0 Å². The van der Waals surface area contributed by atoms with Gasteiger partial charge in [0.05, 0.1) is 17.7 Å². The summed E-state index contributed by atoms with van der Waals surface area (Å²) in [6.07, 6.45) is 0.720. The number of benzene rings is 1. The summed E-state index contributed by atoms with van der Waals surface area (Å²) < 4.78 is 5.15. The lowest BCUT2D eigenvalue weighted by Gasteiger charge is -2.18. The van der Waals surface area contributed by atoms with Crippen molar-refractivity contribution in [2.75, 3.05) is 6.61 Å². The van der Waals surface area contributed by atoms with E-state index in [4.69, 9.17) is 9.84 Å². The maximum Gasteiger partial charge on any atom is 0.339 e. The van der Waals surface area contributed by atoms with Crippen molar-refractivity contribution in [3.63, 3.8) is 0 Å². The molecule has 1 N–H and O–H groups in total. The summed E-state index contributed by atoms with van der Waals surface area (Å²) in [6.45, 7) is 8.01. The Morgan fingerprint density at radius 1 is 1.21 bits per heavy atom. The molecule has 19 heavy (non-hydrogen) atoms. The van der Waals surface area contributed by atoms with Gasteiger partial charge in [0.25, 0.3) is 0 Å². The van der Waals surface area contributed by atoms with E-state index >= 15 is 0 Å². The zero-order chi connectivity index (χ0) is 14.6. The minimum absolute atomic E-state index is 0.00161. The molecule has 0 aliphatic heterocycles. The number of aromatic carboxylic acids is 1. The summed E-state index contributed by atoms with van der Waals surface area (Å²) in [5.74, 6) is -1.70. The summed E-state index contributed by atoms with van der Waals surface area (Å²) in [5, 5.41) is 9.15. The lowest BCUT2D eigenvalue weighted by Crippen LogP contribution is -2.20. The smallest absolute Gasteiger partial charge is 0.339 e. The quantitative estimate of drug-likeness (QED) is 0.848. The van der Waals surface area contributed by atoms with Gasteiger partial charge in [-0.15, -0.1) is 0 Å². The molecule has 0 amide bonds. The van der Waals surface area contributed by atoms with E-state index in [0.717, 1.165) is 12.0 Å². The molecule has 0 unspecified atom stereocenters. The first-order valence-electron chi connectivity index (χ1n) is 6.28. The van der Waals surface area contributed by atoms with Gasteiger partial charge in [-0.3, -0.25) is 0 Å². The summed E-state index contributed by atoms with van der Waals surface area (Å²) >= 11 is 0. The van der Waals surface area contributed by atoms with Gasteiger partial charge < -0.3 is 9.84 Å².